The molecular weight excluding hydrogens is 424 g/mol. The zero-order valence-electron chi connectivity index (χ0n) is 17.7. The van der Waals surface area contributed by atoms with E-state index >= 15 is 0 Å². The van der Waals surface area contributed by atoms with Crippen molar-refractivity contribution >= 4 is 15.9 Å². The summed E-state index contributed by atoms with van der Waals surface area (Å²) in [6, 6.07) is 23.6. The Bertz CT molecular complexity index is 1140. The highest BCUT2D eigenvalue weighted by Gasteiger charge is 2.27. The lowest BCUT2D eigenvalue weighted by molar-refractivity contribution is 0.0951. The molecule has 1 N–H and O–H groups in total. The van der Waals surface area contributed by atoms with Gasteiger partial charge in [-0.05, 0) is 60.4 Å². The Hall–Kier alpha value is -3.16. The molecule has 1 amide bonds. The fourth-order valence-electron chi connectivity index (χ4n) is 3.58. The second-order valence-corrected chi connectivity index (χ2v) is 9.67. The number of rotatable bonds is 8. The van der Waals surface area contributed by atoms with Gasteiger partial charge in [0.1, 0.15) is 12.4 Å². The van der Waals surface area contributed by atoms with Gasteiger partial charge in [0.25, 0.3) is 5.91 Å². The first kappa shape index (κ1) is 22.0. The van der Waals surface area contributed by atoms with E-state index in [0.717, 1.165) is 29.7 Å². The third kappa shape index (κ3) is 5.36. The van der Waals surface area contributed by atoms with Crippen molar-refractivity contribution in [1.82, 2.24) is 9.62 Å². The van der Waals surface area contributed by atoms with E-state index in [1.165, 1.54) is 16.4 Å². The Morgan fingerprint density at radius 1 is 0.844 bits per heavy atom. The summed E-state index contributed by atoms with van der Waals surface area (Å²) in [7, 11) is -3.47. The molecule has 0 aromatic heterocycles. The van der Waals surface area contributed by atoms with Crippen molar-refractivity contribution in [3.8, 4) is 5.75 Å². The molecule has 4 rings (SSSR count). The van der Waals surface area contributed by atoms with Crippen molar-refractivity contribution in [3.63, 3.8) is 0 Å². The lowest BCUT2D eigenvalue weighted by Gasteiger charge is -2.15. The minimum atomic E-state index is -3.47. The van der Waals surface area contributed by atoms with Gasteiger partial charge >= 0.3 is 0 Å². The minimum Gasteiger partial charge on any atom is -0.489 e. The van der Waals surface area contributed by atoms with E-state index in [-0.39, 0.29) is 10.8 Å². The number of nitrogens with zero attached hydrogens (tertiary/aromatic N) is 1. The normalized spacial score (nSPS) is 14.2. The molecule has 1 heterocycles. The van der Waals surface area contributed by atoms with E-state index < -0.39 is 10.0 Å². The number of nitrogens with one attached hydrogen (secondary N) is 1. The number of sulfonamides is 1. The Morgan fingerprint density at radius 3 is 2.16 bits per heavy atom. The number of hydrogen-bond donors (Lipinski definition) is 1. The molecule has 0 aliphatic carbocycles. The maximum Gasteiger partial charge on any atom is 0.251 e. The van der Waals surface area contributed by atoms with Crippen molar-refractivity contribution in [3.05, 3.63) is 95.6 Å². The third-order valence-corrected chi connectivity index (χ3v) is 7.36. The summed E-state index contributed by atoms with van der Waals surface area (Å²) in [5.74, 6) is 0.512. The van der Waals surface area contributed by atoms with Crippen LogP contribution < -0.4 is 10.1 Å². The van der Waals surface area contributed by atoms with Gasteiger partial charge in [0.15, 0.2) is 0 Å². The van der Waals surface area contributed by atoms with Gasteiger partial charge in [-0.1, -0.05) is 42.5 Å². The van der Waals surface area contributed by atoms with Crippen molar-refractivity contribution in [2.45, 2.75) is 30.9 Å². The van der Waals surface area contributed by atoms with Gasteiger partial charge in [-0.15, -0.1) is 0 Å². The van der Waals surface area contributed by atoms with E-state index in [2.05, 4.69) is 5.32 Å². The minimum absolute atomic E-state index is 0.224. The van der Waals surface area contributed by atoms with Gasteiger partial charge in [-0.25, -0.2) is 8.42 Å². The van der Waals surface area contributed by atoms with Crippen LogP contribution in [0.15, 0.2) is 83.8 Å². The SMILES string of the molecule is O=C(NCc1ccc(OCc2ccccc2)cc1)c1ccc(S(=O)(=O)N2CCCC2)cc1. The van der Waals surface area contributed by atoms with Crippen LogP contribution in [0.25, 0.3) is 0 Å². The first-order valence-corrected chi connectivity index (χ1v) is 12.1. The van der Waals surface area contributed by atoms with Crippen molar-refractivity contribution in [2.24, 2.45) is 0 Å². The van der Waals surface area contributed by atoms with E-state index in [1.807, 2.05) is 54.6 Å². The number of amides is 1. The molecule has 0 spiro atoms. The Kier molecular flexibility index (Phi) is 6.87. The first-order chi connectivity index (χ1) is 15.5. The molecule has 1 fully saturated rings. The maximum atomic E-state index is 12.6. The largest absolute Gasteiger partial charge is 0.489 e. The highest BCUT2D eigenvalue weighted by molar-refractivity contribution is 7.89. The number of ether oxygens (including phenoxy) is 1. The van der Waals surface area contributed by atoms with E-state index in [1.54, 1.807) is 12.1 Å². The molecule has 0 atom stereocenters. The summed E-state index contributed by atoms with van der Waals surface area (Å²) < 4.78 is 32.5. The van der Waals surface area contributed by atoms with Gasteiger partial charge in [0.05, 0.1) is 4.90 Å². The molecule has 6 nitrogen and oxygen atoms in total. The van der Waals surface area contributed by atoms with Gasteiger partial charge in [-0.2, -0.15) is 4.31 Å². The topological polar surface area (TPSA) is 75.7 Å². The lowest BCUT2D eigenvalue weighted by atomic mass is 10.2. The van der Waals surface area contributed by atoms with E-state index in [0.29, 0.717) is 31.8 Å². The van der Waals surface area contributed by atoms with Crippen LogP contribution in [0.4, 0.5) is 0 Å². The average Bonchev–Trinajstić information content (AvgIpc) is 3.39. The van der Waals surface area contributed by atoms with Crippen LogP contribution in [-0.4, -0.2) is 31.7 Å². The van der Waals surface area contributed by atoms with E-state index in [9.17, 15) is 13.2 Å². The van der Waals surface area contributed by atoms with Crippen LogP contribution in [0.3, 0.4) is 0 Å². The molecule has 1 aliphatic rings. The molecule has 1 aliphatic heterocycles. The van der Waals surface area contributed by atoms with E-state index in [4.69, 9.17) is 4.74 Å². The molecule has 0 radical (unpaired) electrons. The monoisotopic (exact) mass is 450 g/mol. The van der Waals surface area contributed by atoms with Gasteiger partial charge in [0.2, 0.25) is 10.0 Å². The van der Waals surface area contributed by atoms with Crippen LogP contribution in [0.1, 0.15) is 34.3 Å². The molecule has 0 bridgehead atoms. The predicted octanol–water partition coefficient (Wildman–Crippen LogP) is 3.98. The fourth-order valence-corrected chi connectivity index (χ4v) is 5.10. The molecule has 166 valence electrons. The number of benzene rings is 3. The summed E-state index contributed by atoms with van der Waals surface area (Å²) in [6.45, 7) is 1.98. The third-order valence-electron chi connectivity index (χ3n) is 5.44. The highest BCUT2D eigenvalue weighted by atomic mass is 32.2. The molecule has 3 aromatic rings. The summed E-state index contributed by atoms with van der Waals surface area (Å²) in [6.07, 6.45) is 1.78. The zero-order chi connectivity index (χ0) is 22.4. The van der Waals surface area contributed by atoms with Crippen molar-refractivity contribution < 1.29 is 17.9 Å². The second-order valence-electron chi connectivity index (χ2n) is 7.74. The standard InChI is InChI=1S/C25H26N2O4S/c28-25(22-10-14-24(15-11-22)32(29,30)27-16-4-5-17-27)26-18-20-8-12-23(13-9-20)31-19-21-6-2-1-3-7-21/h1-3,6-15H,4-5,16-19H2,(H,26,28). The molecule has 0 saturated carbocycles. The highest BCUT2D eigenvalue weighted by Crippen LogP contribution is 2.21. The number of hydrogen-bond acceptors (Lipinski definition) is 4. The summed E-state index contributed by atoms with van der Waals surface area (Å²) in [5, 5.41) is 2.87. The smallest absolute Gasteiger partial charge is 0.251 e. The second kappa shape index (κ2) is 9.97. The van der Waals surface area contributed by atoms with Crippen molar-refractivity contribution in [2.75, 3.05) is 13.1 Å². The van der Waals surface area contributed by atoms with Crippen molar-refractivity contribution in [1.29, 1.82) is 0 Å². The molecule has 1 saturated heterocycles. The number of carbonyl (C=O) groups excluding carboxylic acids is 1. The Balaban J connectivity index is 1.29. The average molecular weight is 451 g/mol. The van der Waals surface area contributed by atoms with Gasteiger partial charge in [0, 0.05) is 25.2 Å². The number of carbonyl (C=O) groups is 1. The zero-order valence-corrected chi connectivity index (χ0v) is 18.6. The molecule has 0 unspecified atom stereocenters. The van der Waals surface area contributed by atoms with Gasteiger partial charge < -0.3 is 10.1 Å². The summed E-state index contributed by atoms with van der Waals surface area (Å²) >= 11 is 0. The van der Waals surface area contributed by atoms with Crippen LogP contribution in [-0.2, 0) is 23.2 Å². The van der Waals surface area contributed by atoms with Crippen LogP contribution >= 0.6 is 0 Å². The predicted molar refractivity (Wildman–Crippen MR) is 123 cm³/mol. The molecule has 32 heavy (non-hydrogen) atoms. The lowest BCUT2D eigenvalue weighted by Crippen LogP contribution is -2.28. The quantitative estimate of drug-likeness (QED) is 0.563. The van der Waals surface area contributed by atoms with Crippen LogP contribution in [0.5, 0.6) is 5.75 Å². The fraction of sp³-hybridized carbons (Fsp3) is 0.240. The Morgan fingerprint density at radius 2 is 1.50 bits per heavy atom. The summed E-state index contributed by atoms with van der Waals surface area (Å²) in [4.78, 5) is 12.7. The van der Waals surface area contributed by atoms with Crippen LogP contribution in [0.2, 0.25) is 0 Å². The molecule has 3 aromatic carbocycles. The first-order valence-electron chi connectivity index (χ1n) is 10.7. The summed E-state index contributed by atoms with van der Waals surface area (Å²) in [5.41, 5.74) is 2.47. The molecule has 7 heteroatoms. The Labute approximate surface area is 188 Å². The molecular formula is C25H26N2O4S. The van der Waals surface area contributed by atoms with Gasteiger partial charge in [-0.3, -0.25) is 4.79 Å². The maximum absolute atomic E-state index is 12.6. The van der Waals surface area contributed by atoms with Crippen LogP contribution in [0, 0.1) is 0 Å².